The summed E-state index contributed by atoms with van der Waals surface area (Å²) < 4.78 is 54.2. The molecular weight excluding hydrogens is 1040 g/mol. The predicted molar refractivity (Wildman–Crippen MR) is 277 cm³/mol. The summed E-state index contributed by atoms with van der Waals surface area (Å²) in [6.07, 6.45) is 26.6. The molecule has 11 heterocycles. The van der Waals surface area contributed by atoms with Crippen molar-refractivity contribution in [3.63, 3.8) is 0 Å². The van der Waals surface area contributed by atoms with Crippen LogP contribution in [0.25, 0.3) is 16.9 Å². The van der Waals surface area contributed by atoms with E-state index in [1.807, 2.05) is 6.07 Å². The quantitative estimate of drug-likeness (QED) is 0.0889. The maximum Gasteiger partial charge on any atom is 1.00 e. The van der Waals surface area contributed by atoms with Crippen LogP contribution in [-0.4, -0.2) is 114 Å². The summed E-state index contributed by atoms with van der Waals surface area (Å²) >= 11 is 5.72. The maximum absolute atomic E-state index is 13.6. The third kappa shape index (κ3) is 13.8. The van der Waals surface area contributed by atoms with E-state index < -0.39 is 17.9 Å². The molecule has 3 fully saturated rings. The molecule has 0 spiro atoms. The SMILES string of the molecule is CCOC(=O)c1cnn2ccc(Cl)nc12.CCOC(=O)c1cnn2ccc(N3CCC[C@@H]3c3cncc(F)c3)nc12.Fc1cncc(C2CCCC2)c1.O=C(O)c1cnn2ccc(N3CCC[C@@H]3c3cncc(F)c3)nc12.[Li+].[OH-]. The number of rotatable bonds is 10. The summed E-state index contributed by atoms with van der Waals surface area (Å²) in [6, 6.07) is 9.81. The Kier molecular flexibility index (Phi) is 20.1. The molecule has 406 valence electrons. The molecule has 12 rings (SSSR count). The molecule has 0 amide bonds. The molecule has 2 atom stereocenters. The number of hydrogen-bond acceptors (Lipinski definition) is 17. The monoisotopic (exact) mass is 1100 g/mol. The second kappa shape index (κ2) is 27.0. The fraction of sp³-hybridized carbons (Fsp3) is 0.321. The zero-order valence-electron chi connectivity index (χ0n) is 43.3. The van der Waals surface area contributed by atoms with Gasteiger partial charge in [-0.2, -0.15) is 15.3 Å². The van der Waals surface area contributed by atoms with Crippen molar-refractivity contribution in [2.45, 2.75) is 83.2 Å². The first-order valence-corrected chi connectivity index (χ1v) is 25.4. The Balaban J connectivity index is 0.000000157. The predicted octanol–water partition coefficient (Wildman–Crippen LogP) is 6.35. The van der Waals surface area contributed by atoms with Crippen LogP contribution in [0.4, 0.5) is 24.8 Å². The molecule has 9 aromatic rings. The molecule has 79 heavy (non-hydrogen) atoms. The Labute approximate surface area is 467 Å². The van der Waals surface area contributed by atoms with Crippen LogP contribution in [0.3, 0.4) is 0 Å². The van der Waals surface area contributed by atoms with Gasteiger partial charge in [0.05, 0.1) is 62.5 Å². The number of aromatic nitrogens is 12. The average Bonchev–Trinajstić information content (AvgIpc) is 4.32. The molecule has 2 N–H and O–H groups in total. The number of carboxylic acids is 1. The van der Waals surface area contributed by atoms with E-state index in [0.29, 0.717) is 51.6 Å². The average molecular weight is 1100 g/mol. The van der Waals surface area contributed by atoms with Gasteiger partial charge in [-0.05, 0) is 111 Å². The molecule has 0 unspecified atom stereocenters. The number of carbonyl (C=O) groups is 3. The Morgan fingerprint density at radius 2 is 0.975 bits per heavy atom. The van der Waals surface area contributed by atoms with E-state index in [1.54, 1.807) is 73.7 Å². The minimum atomic E-state index is -1.07. The number of carbonyl (C=O) groups excluding carboxylic acids is 2. The largest absolute Gasteiger partial charge is 1.00 e. The number of anilines is 2. The molecule has 1 saturated carbocycles. The van der Waals surface area contributed by atoms with Gasteiger partial charge in [0, 0.05) is 50.3 Å². The molecule has 3 aliphatic rings. The number of aromatic carboxylic acids is 1. The van der Waals surface area contributed by atoms with Gasteiger partial charge in [-0.25, -0.2) is 56.1 Å². The minimum absolute atomic E-state index is 0. The number of ether oxygens (including phenoxy) is 2. The second-order valence-electron chi connectivity index (χ2n) is 18.0. The van der Waals surface area contributed by atoms with Crippen LogP contribution in [-0.2, 0) is 9.47 Å². The van der Waals surface area contributed by atoms with E-state index >= 15 is 0 Å². The maximum atomic E-state index is 13.6. The summed E-state index contributed by atoms with van der Waals surface area (Å²) in [7, 11) is 0. The number of hydrogen-bond donors (Lipinski definition) is 1. The van der Waals surface area contributed by atoms with Crippen LogP contribution in [0, 0.1) is 17.5 Å². The minimum Gasteiger partial charge on any atom is -0.870 e. The van der Waals surface area contributed by atoms with Crippen molar-refractivity contribution in [2.24, 2.45) is 0 Å². The molecule has 0 radical (unpaired) electrons. The third-order valence-electron chi connectivity index (χ3n) is 13.1. The van der Waals surface area contributed by atoms with Gasteiger partial charge in [0.15, 0.2) is 16.9 Å². The van der Waals surface area contributed by atoms with E-state index in [0.717, 1.165) is 61.3 Å². The van der Waals surface area contributed by atoms with E-state index in [1.165, 1.54) is 84.0 Å². The van der Waals surface area contributed by atoms with Crippen LogP contribution < -0.4 is 28.7 Å². The van der Waals surface area contributed by atoms with E-state index in [-0.39, 0.29) is 66.0 Å². The third-order valence-corrected chi connectivity index (χ3v) is 13.3. The van der Waals surface area contributed by atoms with Crippen molar-refractivity contribution in [3.8, 4) is 0 Å². The standard InChI is InChI=1S/C18H18FN5O2.C16H14FN5O2.C10H12FN.C9H8ClN3O2.Li.H2O/c1-2-26-18(25)14-11-21-24-7-5-16(22-17(14)24)23-6-3-4-15(23)12-8-13(19)10-20-9-12;17-11-6-10(7-18-8-11)13-2-1-4-21(13)14-3-5-22-15(20-14)12(9-19-22)16(23)24;11-10-5-9(6-12-7-10)8-3-1-2-4-8;1-2-15-9(14)6-5-11-13-4-3-7(10)12-8(6)13;;/h5,7-11,15H,2-4,6H2,1H3;3,5-9,13H,1-2,4H2,(H,23,24);5-8H,1-4H2;3-5H,2H2,1H3;;1H2/q;;;;+1;/p-1/t15-;13-;;;;/m11..../s1. The molecule has 0 bridgehead atoms. The van der Waals surface area contributed by atoms with Crippen LogP contribution in [0.5, 0.6) is 0 Å². The van der Waals surface area contributed by atoms with E-state index in [4.69, 9.17) is 21.1 Å². The van der Waals surface area contributed by atoms with Crippen molar-refractivity contribution in [1.29, 1.82) is 0 Å². The Morgan fingerprint density at radius 1 is 0.570 bits per heavy atom. The fourth-order valence-electron chi connectivity index (χ4n) is 9.65. The summed E-state index contributed by atoms with van der Waals surface area (Å²) in [4.78, 5) is 63.8. The van der Waals surface area contributed by atoms with Crippen molar-refractivity contribution >= 4 is 58.1 Å². The topological polar surface area (TPSA) is 256 Å². The van der Waals surface area contributed by atoms with E-state index in [2.05, 4.69) is 55.0 Å². The van der Waals surface area contributed by atoms with Crippen molar-refractivity contribution in [2.75, 3.05) is 36.1 Å². The number of esters is 2. The first-order valence-electron chi connectivity index (χ1n) is 25.0. The molecule has 1 aliphatic carbocycles. The van der Waals surface area contributed by atoms with Crippen LogP contribution in [0.2, 0.25) is 5.15 Å². The van der Waals surface area contributed by atoms with Crippen molar-refractivity contribution in [3.05, 3.63) is 167 Å². The molecule has 26 heteroatoms. The van der Waals surface area contributed by atoms with E-state index in [9.17, 15) is 32.7 Å². The van der Waals surface area contributed by atoms with Gasteiger partial charge < -0.3 is 29.9 Å². The molecule has 0 aromatic carbocycles. The Bertz CT molecular complexity index is 3550. The summed E-state index contributed by atoms with van der Waals surface area (Å²) in [5, 5.41) is 21.6. The number of nitrogens with zero attached hydrogens (tertiary/aromatic N) is 14. The van der Waals surface area contributed by atoms with Crippen molar-refractivity contribution < 1.29 is 66.5 Å². The zero-order valence-corrected chi connectivity index (χ0v) is 44.1. The van der Waals surface area contributed by atoms with Gasteiger partial charge in [-0.15, -0.1) is 0 Å². The molecule has 21 nitrogen and oxygen atoms in total. The molecular formula is C53H53ClF3LiN14O7. The van der Waals surface area contributed by atoms with Crippen LogP contribution in [0.15, 0.2) is 111 Å². The number of carboxylic acid groups (broad SMARTS) is 1. The smallest absolute Gasteiger partial charge is 0.870 e. The summed E-state index contributed by atoms with van der Waals surface area (Å²) in [5.41, 5.74) is 4.54. The second-order valence-corrected chi connectivity index (χ2v) is 18.4. The number of fused-ring (bicyclic) bond motifs is 3. The summed E-state index contributed by atoms with van der Waals surface area (Å²) in [5.74, 6) is -0.950. The van der Waals surface area contributed by atoms with Gasteiger partial charge >= 0.3 is 36.8 Å². The van der Waals surface area contributed by atoms with Gasteiger partial charge in [-0.3, -0.25) is 15.0 Å². The summed E-state index contributed by atoms with van der Waals surface area (Å²) in [6.45, 7) is 5.66. The Morgan fingerprint density at radius 3 is 1.42 bits per heavy atom. The first kappa shape index (κ1) is 58.6. The van der Waals surface area contributed by atoms with Crippen LogP contribution in [0.1, 0.15) is 131 Å². The van der Waals surface area contributed by atoms with Crippen LogP contribution >= 0.6 is 11.6 Å². The molecule has 2 aliphatic heterocycles. The van der Waals surface area contributed by atoms with Gasteiger partial charge in [0.25, 0.3) is 0 Å². The number of pyridine rings is 3. The molecule has 9 aromatic heterocycles. The first-order chi connectivity index (χ1) is 37.4. The molecule has 2 saturated heterocycles. The van der Waals surface area contributed by atoms with Gasteiger partial charge in [-0.1, -0.05) is 24.4 Å². The van der Waals surface area contributed by atoms with Gasteiger partial charge in [0.1, 0.15) is 50.9 Å². The zero-order chi connectivity index (χ0) is 54.0. The fourth-order valence-corrected chi connectivity index (χ4v) is 9.79. The van der Waals surface area contributed by atoms with Gasteiger partial charge in [0.2, 0.25) is 0 Å². The normalized spacial score (nSPS) is 15.7. The van der Waals surface area contributed by atoms with Crippen molar-refractivity contribution in [1.82, 2.24) is 58.7 Å². The number of halogens is 4. The Hall–Kier alpha value is -8.04.